The van der Waals surface area contributed by atoms with Gasteiger partial charge < -0.3 is 0 Å². The molecule has 118 valence electrons. The Morgan fingerprint density at radius 3 is 1.96 bits per heavy atom. The molecule has 0 bridgehead atoms. The first-order valence-corrected chi connectivity index (χ1v) is 8.69. The summed E-state index contributed by atoms with van der Waals surface area (Å²) in [5.41, 5.74) is 6.99. The van der Waals surface area contributed by atoms with Crippen LogP contribution in [0.25, 0.3) is 5.57 Å². The van der Waals surface area contributed by atoms with E-state index in [9.17, 15) is 0 Å². The highest BCUT2D eigenvalue weighted by Gasteiger charge is 2.30. The molecule has 0 aromatic heterocycles. The van der Waals surface area contributed by atoms with Crippen LogP contribution in [0.15, 0.2) is 91.0 Å². The lowest BCUT2D eigenvalue weighted by Crippen LogP contribution is -2.05. The predicted octanol–water partition coefficient (Wildman–Crippen LogP) is 6.35. The molecular weight excluding hydrogens is 288 g/mol. The van der Waals surface area contributed by atoms with Crippen molar-refractivity contribution < 1.29 is 0 Å². The van der Waals surface area contributed by atoms with Crippen molar-refractivity contribution in [1.82, 2.24) is 0 Å². The third-order valence-electron chi connectivity index (χ3n) is 5.09. The Balaban J connectivity index is 1.75. The van der Waals surface area contributed by atoms with E-state index in [4.69, 9.17) is 0 Å². The van der Waals surface area contributed by atoms with Crippen molar-refractivity contribution in [2.45, 2.75) is 25.2 Å². The molecule has 0 spiro atoms. The van der Waals surface area contributed by atoms with E-state index in [1.807, 2.05) is 0 Å². The minimum Gasteiger partial charge on any atom is -0.0725 e. The summed E-state index contributed by atoms with van der Waals surface area (Å²) < 4.78 is 0. The van der Waals surface area contributed by atoms with E-state index in [0.717, 1.165) is 6.42 Å². The normalized spacial score (nSPS) is 20.0. The molecule has 0 nitrogen and oxygen atoms in total. The third-order valence-corrected chi connectivity index (χ3v) is 5.09. The quantitative estimate of drug-likeness (QED) is 0.529. The van der Waals surface area contributed by atoms with Crippen molar-refractivity contribution >= 4 is 5.57 Å². The minimum absolute atomic E-state index is 0.447. The lowest BCUT2D eigenvalue weighted by molar-refractivity contribution is 0.668. The average molecular weight is 310 g/mol. The van der Waals surface area contributed by atoms with Crippen LogP contribution in [0.5, 0.6) is 0 Å². The Labute approximate surface area is 144 Å². The molecule has 0 heteroatoms. The summed E-state index contributed by atoms with van der Waals surface area (Å²) in [5.74, 6) is 0.965. The molecule has 0 aliphatic heterocycles. The molecule has 0 unspecified atom stereocenters. The average Bonchev–Trinajstić information content (AvgIpc) is 3.09. The Hall–Kier alpha value is -2.60. The maximum absolute atomic E-state index is 2.48. The fraction of sp³-hybridized carbons (Fsp3) is 0.167. The molecule has 3 aromatic rings. The second-order valence-corrected chi connectivity index (χ2v) is 6.72. The first-order valence-electron chi connectivity index (χ1n) is 8.69. The number of rotatable bonds is 3. The van der Waals surface area contributed by atoms with Crippen LogP contribution in [0.4, 0.5) is 0 Å². The molecule has 3 aromatic carbocycles. The molecule has 1 aliphatic carbocycles. The van der Waals surface area contributed by atoms with Crippen LogP contribution >= 0.6 is 0 Å². The summed E-state index contributed by atoms with van der Waals surface area (Å²) in [4.78, 5) is 0. The van der Waals surface area contributed by atoms with Gasteiger partial charge in [-0.05, 0) is 41.5 Å². The van der Waals surface area contributed by atoms with Gasteiger partial charge in [-0.3, -0.25) is 0 Å². The van der Waals surface area contributed by atoms with Gasteiger partial charge in [0.05, 0.1) is 0 Å². The van der Waals surface area contributed by atoms with Crippen molar-refractivity contribution in [2.24, 2.45) is 0 Å². The van der Waals surface area contributed by atoms with Gasteiger partial charge in [0.25, 0.3) is 0 Å². The molecule has 0 radical (unpaired) electrons. The van der Waals surface area contributed by atoms with E-state index >= 15 is 0 Å². The van der Waals surface area contributed by atoms with Crippen LogP contribution in [0.3, 0.4) is 0 Å². The van der Waals surface area contributed by atoms with Gasteiger partial charge in [-0.1, -0.05) is 96.6 Å². The smallest absolute Gasteiger partial charge is 0.00959 e. The van der Waals surface area contributed by atoms with E-state index in [2.05, 4.69) is 97.9 Å². The second kappa shape index (κ2) is 6.49. The molecule has 0 amide bonds. The highest BCUT2D eigenvalue weighted by Crippen LogP contribution is 2.47. The Morgan fingerprint density at radius 1 is 0.667 bits per heavy atom. The largest absolute Gasteiger partial charge is 0.0725 e. The number of hydrogen-bond acceptors (Lipinski definition) is 0. The fourth-order valence-electron chi connectivity index (χ4n) is 3.77. The van der Waals surface area contributed by atoms with E-state index in [1.54, 1.807) is 0 Å². The second-order valence-electron chi connectivity index (χ2n) is 6.72. The highest BCUT2D eigenvalue weighted by atomic mass is 14.3. The fourth-order valence-corrected chi connectivity index (χ4v) is 3.77. The Bertz CT molecular complexity index is 826. The van der Waals surface area contributed by atoms with Crippen LogP contribution < -0.4 is 0 Å². The van der Waals surface area contributed by atoms with Gasteiger partial charge >= 0.3 is 0 Å². The van der Waals surface area contributed by atoms with Gasteiger partial charge in [-0.2, -0.15) is 0 Å². The van der Waals surface area contributed by atoms with Gasteiger partial charge in [0, 0.05) is 5.92 Å². The lowest BCUT2D eigenvalue weighted by atomic mass is 9.83. The third kappa shape index (κ3) is 2.92. The molecule has 0 saturated carbocycles. The Kier molecular flexibility index (Phi) is 4.04. The van der Waals surface area contributed by atoms with Crippen LogP contribution in [0.1, 0.15) is 40.5 Å². The van der Waals surface area contributed by atoms with Crippen molar-refractivity contribution in [1.29, 1.82) is 0 Å². The predicted molar refractivity (Wildman–Crippen MR) is 102 cm³/mol. The van der Waals surface area contributed by atoms with Gasteiger partial charge in [0.15, 0.2) is 0 Å². The molecule has 0 N–H and O–H groups in total. The monoisotopic (exact) mass is 310 g/mol. The standard InChI is InChI=1S/C24H22/c1-18-12-14-21(15-13-18)24-17-22(19-8-4-2-5-9-19)16-23(24)20-10-6-3-7-11-20/h2-15,17,23-24H,16H2,1H3/t23-,24-/m0/s1. The molecular formula is C24H22. The maximum Gasteiger partial charge on any atom is 0.00959 e. The number of aryl methyl sites for hydroxylation is 1. The van der Waals surface area contributed by atoms with Crippen molar-refractivity contribution in [2.75, 3.05) is 0 Å². The topological polar surface area (TPSA) is 0 Å². The zero-order valence-corrected chi connectivity index (χ0v) is 14.0. The van der Waals surface area contributed by atoms with Crippen LogP contribution in [0.2, 0.25) is 0 Å². The summed E-state index contributed by atoms with van der Waals surface area (Å²) >= 11 is 0. The van der Waals surface area contributed by atoms with E-state index < -0.39 is 0 Å². The van der Waals surface area contributed by atoms with Gasteiger partial charge in [-0.25, -0.2) is 0 Å². The Morgan fingerprint density at radius 2 is 1.29 bits per heavy atom. The number of hydrogen-bond donors (Lipinski definition) is 0. The summed E-state index contributed by atoms with van der Waals surface area (Å²) in [7, 11) is 0. The summed E-state index contributed by atoms with van der Waals surface area (Å²) in [6.07, 6.45) is 3.59. The summed E-state index contributed by atoms with van der Waals surface area (Å²) in [6, 6.07) is 30.8. The van der Waals surface area contributed by atoms with Gasteiger partial charge in [-0.15, -0.1) is 0 Å². The zero-order chi connectivity index (χ0) is 16.4. The molecule has 0 heterocycles. The van der Waals surface area contributed by atoms with E-state index in [1.165, 1.54) is 27.8 Å². The number of benzene rings is 3. The highest BCUT2D eigenvalue weighted by molar-refractivity contribution is 5.71. The first kappa shape index (κ1) is 15.0. The van der Waals surface area contributed by atoms with Crippen LogP contribution in [-0.4, -0.2) is 0 Å². The SMILES string of the molecule is Cc1ccc([C@@H]2C=C(c3ccccc3)C[C@H]2c2ccccc2)cc1. The molecule has 0 saturated heterocycles. The minimum atomic E-state index is 0.447. The molecule has 2 atom stereocenters. The van der Waals surface area contributed by atoms with Gasteiger partial charge in [0.1, 0.15) is 0 Å². The van der Waals surface area contributed by atoms with E-state index in [0.29, 0.717) is 11.8 Å². The zero-order valence-electron chi connectivity index (χ0n) is 14.0. The molecule has 4 rings (SSSR count). The maximum atomic E-state index is 2.48. The van der Waals surface area contributed by atoms with Crippen LogP contribution in [0, 0.1) is 6.92 Å². The van der Waals surface area contributed by atoms with Crippen LogP contribution in [-0.2, 0) is 0 Å². The molecule has 0 fully saturated rings. The van der Waals surface area contributed by atoms with Crippen molar-refractivity contribution in [3.05, 3.63) is 113 Å². The first-order chi connectivity index (χ1) is 11.8. The van der Waals surface area contributed by atoms with E-state index in [-0.39, 0.29) is 0 Å². The summed E-state index contributed by atoms with van der Waals surface area (Å²) in [6.45, 7) is 2.15. The summed E-state index contributed by atoms with van der Waals surface area (Å²) in [5, 5.41) is 0. The van der Waals surface area contributed by atoms with Crippen molar-refractivity contribution in [3.8, 4) is 0 Å². The molecule has 1 aliphatic rings. The number of allylic oxidation sites excluding steroid dienone is 2. The lowest BCUT2D eigenvalue weighted by Gasteiger charge is -2.20. The van der Waals surface area contributed by atoms with Gasteiger partial charge in [0.2, 0.25) is 0 Å². The van der Waals surface area contributed by atoms with Crippen molar-refractivity contribution in [3.63, 3.8) is 0 Å². The molecule has 24 heavy (non-hydrogen) atoms.